The Bertz CT molecular complexity index is 1610. The summed E-state index contributed by atoms with van der Waals surface area (Å²) in [6.07, 6.45) is 1.37. The zero-order valence-corrected chi connectivity index (χ0v) is 25.6. The van der Waals surface area contributed by atoms with Crippen molar-refractivity contribution in [1.29, 1.82) is 5.26 Å². The topological polar surface area (TPSA) is 96.3 Å². The van der Waals surface area contributed by atoms with Crippen LogP contribution in [-0.4, -0.2) is 75.9 Å². The second-order valence-corrected chi connectivity index (χ2v) is 11.7. The fourth-order valence-corrected chi connectivity index (χ4v) is 7.50. The normalized spacial score (nSPS) is 24.1. The number of amides is 1. The maximum absolute atomic E-state index is 13.3. The highest BCUT2D eigenvalue weighted by Gasteiger charge is 2.54. The van der Waals surface area contributed by atoms with E-state index >= 15 is 0 Å². The highest BCUT2D eigenvalue weighted by Crippen LogP contribution is 2.52. The monoisotopic (exact) mass is 602 g/mol. The smallest absolute Gasteiger partial charge is 0.251 e. The molecule has 3 aromatic carbocycles. The number of piperazine rings is 1. The van der Waals surface area contributed by atoms with Crippen molar-refractivity contribution in [2.45, 2.75) is 43.1 Å². The third-order valence-corrected chi connectivity index (χ3v) is 9.49. The van der Waals surface area contributed by atoms with Crippen molar-refractivity contribution in [3.8, 4) is 29.1 Å². The SMILES string of the molecule is COc1cc2c(cc1OC)[C@@H]1[C@@H]3Cc4cc(OC)c(OC)cc4[C@H](CNC(=O)c4cccc(Cl)c4)N3[C@@H](C#N)[C@H](C2)N1C. The van der Waals surface area contributed by atoms with Crippen LogP contribution >= 0.6 is 11.6 Å². The number of rotatable bonds is 7. The molecule has 224 valence electrons. The van der Waals surface area contributed by atoms with Gasteiger partial charge in [-0.3, -0.25) is 14.6 Å². The van der Waals surface area contributed by atoms with Crippen molar-refractivity contribution >= 4 is 17.5 Å². The molecule has 1 saturated heterocycles. The number of methoxy groups -OCH3 is 4. The molecule has 1 fully saturated rings. The van der Waals surface area contributed by atoms with Gasteiger partial charge in [-0.2, -0.15) is 5.26 Å². The molecular weight excluding hydrogens is 568 g/mol. The third kappa shape index (κ3) is 4.84. The molecule has 9 nitrogen and oxygen atoms in total. The minimum atomic E-state index is -0.429. The number of hydrogen-bond donors (Lipinski definition) is 1. The maximum Gasteiger partial charge on any atom is 0.251 e. The minimum absolute atomic E-state index is 0.0227. The number of nitrogens with zero attached hydrogens (tertiary/aromatic N) is 3. The average molecular weight is 603 g/mol. The quantitative estimate of drug-likeness (QED) is 0.420. The number of benzene rings is 3. The molecule has 10 heteroatoms. The molecule has 3 aliphatic rings. The summed E-state index contributed by atoms with van der Waals surface area (Å²) in [6.45, 7) is 0.296. The van der Waals surface area contributed by atoms with Gasteiger partial charge in [0.05, 0.1) is 46.6 Å². The summed E-state index contributed by atoms with van der Waals surface area (Å²) in [4.78, 5) is 18.0. The van der Waals surface area contributed by atoms with Crippen LogP contribution in [0.5, 0.6) is 23.0 Å². The number of nitrogens with one attached hydrogen (secondary N) is 1. The van der Waals surface area contributed by atoms with Crippen LogP contribution in [0.1, 0.15) is 44.7 Å². The van der Waals surface area contributed by atoms with E-state index < -0.39 is 6.04 Å². The molecular formula is C33H35ClN4O5. The van der Waals surface area contributed by atoms with Gasteiger partial charge in [0.1, 0.15) is 6.04 Å². The highest BCUT2D eigenvalue weighted by molar-refractivity contribution is 6.30. The molecule has 3 heterocycles. The highest BCUT2D eigenvalue weighted by atomic mass is 35.5. The summed E-state index contributed by atoms with van der Waals surface area (Å²) in [5, 5.41) is 14.3. The van der Waals surface area contributed by atoms with Gasteiger partial charge in [0.25, 0.3) is 5.91 Å². The van der Waals surface area contributed by atoms with Crippen LogP contribution in [-0.2, 0) is 12.8 Å². The summed E-state index contributed by atoms with van der Waals surface area (Å²) >= 11 is 6.17. The van der Waals surface area contributed by atoms with Crippen LogP contribution in [0.25, 0.3) is 0 Å². The first-order valence-corrected chi connectivity index (χ1v) is 14.6. The molecule has 0 aromatic heterocycles. The van der Waals surface area contributed by atoms with E-state index in [9.17, 15) is 10.1 Å². The van der Waals surface area contributed by atoms with E-state index in [0.717, 1.165) is 22.3 Å². The standard InChI is InChI=1S/C33H35ClN4O5/c1-37-24-10-20-13-29(41-3)31(43-5)15-23(20)32(37)25-11-19-12-28(40-2)30(42-4)14-22(19)27(38(25)26(24)16-35)17-36-33(39)18-7-6-8-21(34)9-18/h6-9,12-15,24-27,32H,10-11,17H2,1-5H3,(H,36,39)/t24-,25-,26-,27-,32+/m0/s1. The molecule has 5 atom stereocenters. The number of carbonyl (C=O) groups excluding carboxylic acids is 1. The van der Waals surface area contributed by atoms with E-state index in [1.807, 2.05) is 12.1 Å². The summed E-state index contributed by atoms with van der Waals surface area (Å²) in [5.74, 6) is 2.38. The zero-order valence-electron chi connectivity index (χ0n) is 24.9. The van der Waals surface area contributed by atoms with E-state index in [2.05, 4.69) is 40.4 Å². The molecule has 1 N–H and O–H groups in total. The molecule has 1 amide bonds. The van der Waals surface area contributed by atoms with Gasteiger partial charge in [-0.25, -0.2) is 0 Å². The number of hydrogen-bond acceptors (Lipinski definition) is 8. The molecule has 3 aromatic rings. The first-order chi connectivity index (χ1) is 20.8. The van der Waals surface area contributed by atoms with Crippen LogP contribution in [0, 0.1) is 11.3 Å². The first kappa shape index (κ1) is 29.1. The second-order valence-electron chi connectivity index (χ2n) is 11.2. The predicted molar refractivity (Wildman–Crippen MR) is 162 cm³/mol. The van der Waals surface area contributed by atoms with Gasteiger partial charge >= 0.3 is 0 Å². The van der Waals surface area contributed by atoms with Crippen molar-refractivity contribution in [2.24, 2.45) is 0 Å². The van der Waals surface area contributed by atoms with Crippen molar-refractivity contribution in [2.75, 3.05) is 42.0 Å². The number of likely N-dealkylation sites (N-methyl/N-ethyl adjacent to an activating group) is 1. The van der Waals surface area contributed by atoms with Crippen molar-refractivity contribution in [3.63, 3.8) is 0 Å². The van der Waals surface area contributed by atoms with Crippen LogP contribution in [0.4, 0.5) is 0 Å². The van der Waals surface area contributed by atoms with Crippen molar-refractivity contribution in [3.05, 3.63) is 81.4 Å². The number of fused-ring (bicyclic) bond motifs is 7. The molecule has 0 radical (unpaired) electrons. The molecule has 6 rings (SSSR count). The first-order valence-electron chi connectivity index (χ1n) is 14.3. The van der Waals surface area contributed by atoms with Gasteiger partial charge in [-0.15, -0.1) is 0 Å². The van der Waals surface area contributed by atoms with E-state index in [1.54, 1.807) is 52.7 Å². The number of nitriles is 1. The van der Waals surface area contributed by atoms with Crippen molar-refractivity contribution < 1.29 is 23.7 Å². The minimum Gasteiger partial charge on any atom is -0.493 e. The Morgan fingerprint density at radius 3 is 2.09 bits per heavy atom. The van der Waals surface area contributed by atoms with Crippen LogP contribution < -0.4 is 24.3 Å². The Morgan fingerprint density at radius 2 is 1.49 bits per heavy atom. The van der Waals surface area contributed by atoms with Gasteiger partial charge < -0.3 is 24.3 Å². The lowest BCUT2D eigenvalue weighted by molar-refractivity contribution is -0.0708. The van der Waals surface area contributed by atoms with Crippen LogP contribution in [0.15, 0.2) is 48.5 Å². The fraction of sp³-hybridized carbons (Fsp3) is 0.394. The number of ether oxygens (including phenoxy) is 4. The molecule has 3 aliphatic heterocycles. The summed E-state index contributed by atoms with van der Waals surface area (Å²) < 4.78 is 22.7. The van der Waals surface area contributed by atoms with Crippen LogP contribution in [0.2, 0.25) is 5.02 Å². The van der Waals surface area contributed by atoms with E-state index in [1.165, 1.54) is 0 Å². The molecule has 0 unspecified atom stereocenters. The Balaban J connectivity index is 1.47. The Labute approximate surface area is 256 Å². The lowest BCUT2D eigenvalue weighted by atomic mass is 9.72. The van der Waals surface area contributed by atoms with E-state index in [4.69, 9.17) is 30.5 Å². The Hall–Kier alpha value is -3.97. The third-order valence-electron chi connectivity index (χ3n) is 9.26. The summed E-state index contributed by atoms with van der Waals surface area (Å²) in [5.41, 5.74) is 4.91. The van der Waals surface area contributed by atoms with Crippen LogP contribution in [0.3, 0.4) is 0 Å². The lowest BCUT2D eigenvalue weighted by Crippen LogP contribution is -2.68. The molecule has 0 saturated carbocycles. The van der Waals surface area contributed by atoms with Gasteiger partial charge in [0.2, 0.25) is 0 Å². The van der Waals surface area contributed by atoms with Crippen molar-refractivity contribution in [1.82, 2.24) is 15.1 Å². The average Bonchev–Trinajstić information content (AvgIpc) is 3.02. The number of halogens is 1. The van der Waals surface area contributed by atoms with Gasteiger partial charge in [0.15, 0.2) is 23.0 Å². The van der Waals surface area contributed by atoms with E-state index in [0.29, 0.717) is 53.0 Å². The molecule has 43 heavy (non-hydrogen) atoms. The fourth-order valence-electron chi connectivity index (χ4n) is 7.31. The summed E-state index contributed by atoms with van der Waals surface area (Å²) in [7, 11) is 8.64. The lowest BCUT2D eigenvalue weighted by Gasteiger charge is -2.60. The zero-order chi connectivity index (χ0) is 30.4. The summed E-state index contributed by atoms with van der Waals surface area (Å²) in [6, 6.07) is 16.8. The molecule has 0 spiro atoms. The number of carbonyl (C=O) groups is 1. The predicted octanol–water partition coefficient (Wildman–Crippen LogP) is 4.58. The molecule has 0 aliphatic carbocycles. The maximum atomic E-state index is 13.3. The Kier molecular flexibility index (Phi) is 7.86. The van der Waals surface area contributed by atoms with E-state index in [-0.39, 0.29) is 30.1 Å². The Morgan fingerprint density at radius 1 is 0.907 bits per heavy atom. The largest absolute Gasteiger partial charge is 0.493 e. The van der Waals surface area contributed by atoms with Gasteiger partial charge in [-0.1, -0.05) is 17.7 Å². The van der Waals surface area contributed by atoms with Gasteiger partial charge in [0, 0.05) is 29.2 Å². The van der Waals surface area contributed by atoms with Gasteiger partial charge in [-0.05, 0) is 84.6 Å². The second kappa shape index (κ2) is 11.6. The molecule has 2 bridgehead atoms.